The highest BCUT2D eigenvalue weighted by Crippen LogP contribution is 2.76. The maximum atomic E-state index is 12.2. The van der Waals surface area contributed by atoms with Crippen molar-refractivity contribution in [2.45, 2.75) is 161 Å². The van der Waals surface area contributed by atoms with Gasteiger partial charge in [-0.1, -0.05) is 46.3 Å². The second-order valence-corrected chi connectivity index (χ2v) is 17.4. The first-order valence-electron chi connectivity index (χ1n) is 17.4. The Balaban J connectivity index is 1.51. The van der Waals surface area contributed by atoms with E-state index in [0.717, 1.165) is 19.3 Å². The zero-order valence-electron chi connectivity index (χ0n) is 28.8. The average molecular weight is 639 g/mol. The van der Waals surface area contributed by atoms with Gasteiger partial charge in [0.25, 0.3) is 0 Å². The van der Waals surface area contributed by atoms with Crippen molar-refractivity contribution in [3.8, 4) is 0 Å². The summed E-state index contributed by atoms with van der Waals surface area (Å²) in [6.45, 7) is 16.7. The van der Waals surface area contributed by atoms with Crippen LogP contribution in [0.5, 0.6) is 0 Å². The van der Waals surface area contributed by atoms with E-state index in [4.69, 9.17) is 9.47 Å². The molecule has 0 aromatic carbocycles. The van der Waals surface area contributed by atoms with Crippen molar-refractivity contribution in [1.82, 2.24) is 0 Å². The molecule has 5 aliphatic rings. The van der Waals surface area contributed by atoms with Gasteiger partial charge in [0.15, 0.2) is 6.29 Å². The van der Waals surface area contributed by atoms with Crippen LogP contribution in [-0.4, -0.2) is 97.0 Å². The van der Waals surface area contributed by atoms with Crippen molar-refractivity contribution in [3.63, 3.8) is 0 Å². The van der Waals surface area contributed by atoms with Gasteiger partial charge in [-0.3, -0.25) is 0 Å². The van der Waals surface area contributed by atoms with Crippen molar-refractivity contribution in [2.75, 3.05) is 6.61 Å². The first kappa shape index (κ1) is 35.7. The third kappa shape index (κ3) is 5.39. The molecule has 0 spiro atoms. The van der Waals surface area contributed by atoms with Gasteiger partial charge >= 0.3 is 0 Å². The van der Waals surface area contributed by atoms with Crippen molar-refractivity contribution < 1.29 is 45.2 Å². The van der Waals surface area contributed by atoms with Crippen LogP contribution < -0.4 is 0 Å². The lowest BCUT2D eigenvalue weighted by Crippen LogP contribution is -2.70. The van der Waals surface area contributed by atoms with Gasteiger partial charge in [-0.05, 0) is 117 Å². The van der Waals surface area contributed by atoms with E-state index < -0.39 is 66.6 Å². The number of aliphatic hydroxyl groups is 7. The maximum absolute atomic E-state index is 12.2. The molecule has 0 radical (unpaired) electrons. The monoisotopic (exact) mass is 638 g/mol. The molecule has 260 valence electrons. The summed E-state index contributed by atoms with van der Waals surface area (Å²) in [5.74, 6) is -0.154. The maximum Gasteiger partial charge on any atom is 0.187 e. The minimum atomic E-state index is -1.53. The second-order valence-electron chi connectivity index (χ2n) is 17.4. The Labute approximate surface area is 270 Å². The fraction of sp³-hybridized carbons (Fsp3) is 0.944. The SMILES string of the molecule is CC(C)=CCC[C@](C)(O[C@@H]1O[C@H](CO)[C@@H](O)[C@H](O)[C@H]1O)[C@H]1CC[C@]2(C)[C@@H]1[C@H](O)C[C@@H]1[C@@]3(C)CC[C@H](O)C(C)(C)[C@@H]3[C@@H](O)C[C@]12C. The van der Waals surface area contributed by atoms with E-state index in [-0.39, 0.29) is 39.9 Å². The van der Waals surface area contributed by atoms with E-state index in [2.05, 4.69) is 40.7 Å². The number of ether oxygens (including phenoxy) is 2. The highest BCUT2D eigenvalue weighted by atomic mass is 16.7. The predicted molar refractivity (Wildman–Crippen MR) is 170 cm³/mol. The van der Waals surface area contributed by atoms with Gasteiger partial charge in [-0.2, -0.15) is 0 Å². The van der Waals surface area contributed by atoms with E-state index in [1.54, 1.807) is 0 Å². The molecule has 0 unspecified atom stereocenters. The van der Waals surface area contributed by atoms with Gasteiger partial charge in [0, 0.05) is 0 Å². The van der Waals surface area contributed by atoms with Gasteiger partial charge < -0.3 is 45.2 Å². The summed E-state index contributed by atoms with van der Waals surface area (Å²) >= 11 is 0. The standard InChI is InChI=1S/C36H62O9/c1-19(2)10-9-13-36(8,45-31-29(43)28(42)27(41)23(18-37)44-31)20-11-15-34(6)26(20)21(38)16-24-33(5)14-12-25(40)32(3,4)30(33)22(39)17-35(24,34)7/h10,20-31,37-43H,9,11-18H2,1-8H3/t20-,21+,22-,23+,24+,25-,26-,27+,28-,29+,30-,31-,33+,34+,35+,36-/m0/s1. The summed E-state index contributed by atoms with van der Waals surface area (Å²) in [5, 5.41) is 76.9. The molecule has 45 heavy (non-hydrogen) atoms. The molecular formula is C36H62O9. The number of hydrogen-bond donors (Lipinski definition) is 7. The topological polar surface area (TPSA) is 160 Å². The predicted octanol–water partition coefficient (Wildman–Crippen LogP) is 3.30. The van der Waals surface area contributed by atoms with Crippen molar-refractivity contribution in [2.24, 2.45) is 45.3 Å². The van der Waals surface area contributed by atoms with Crippen LogP contribution in [0.1, 0.15) is 107 Å². The smallest absolute Gasteiger partial charge is 0.187 e. The van der Waals surface area contributed by atoms with Gasteiger partial charge in [0.2, 0.25) is 0 Å². The largest absolute Gasteiger partial charge is 0.394 e. The molecule has 9 heteroatoms. The van der Waals surface area contributed by atoms with Crippen molar-refractivity contribution >= 4 is 0 Å². The van der Waals surface area contributed by atoms with E-state index in [1.807, 2.05) is 20.8 Å². The molecule has 16 atom stereocenters. The van der Waals surface area contributed by atoms with Crippen LogP contribution in [0.4, 0.5) is 0 Å². The number of aliphatic hydroxyl groups excluding tert-OH is 7. The van der Waals surface area contributed by atoms with Gasteiger partial charge in [-0.15, -0.1) is 0 Å². The molecule has 1 aliphatic heterocycles. The van der Waals surface area contributed by atoms with Crippen LogP contribution in [0.3, 0.4) is 0 Å². The summed E-state index contributed by atoms with van der Waals surface area (Å²) in [4.78, 5) is 0. The molecule has 0 aromatic rings. The Bertz CT molecular complexity index is 1110. The molecule has 0 aromatic heterocycles. The fourth-order valence-corrected chi connectivity index (χ4v) is 12.0. The summed E-state index contributed by atoms with van der Waals surface area (Å²) in [6, 6.07) is 0. The van der Waals surface area contributed by atoms with Crippen molar-refractivity contribution in [1.29, 1.82) is 0 Å². The summed E-state index contributed by atoms with van der Waals surface area (Å²) in [7, 11) is 0. The summed E-state index contributed by atoms with van der Waals surface area (Å²) in [6.07, 6.45) is -0.678. The molecule has 4 saturated carbocycles. The quantitative estimate of drug-likeness (QED) is 0.208. The molecule has 1 heterocycles. The van der Waals surface area contributed by atoms with E-state index in [1.165, 1.54) is 5.57 Å². The molecule has 5 fully saturated rings. The Morgan fingerprint density at radius 3 is 2.18 bits per heavy atom. The molecule has 0 bridgehead atoms. The van der Waals surface area contributed by atoms with Gasteiger partial charge in [0.05, 0.1) is 30.5 Å². The number of allylic oxidation sites excluding steroid dienone is 2. The van der Waals surface area contributed by atoms with Crippen LogP contribution >= 0.6 is 0 Å². The summed E-state index contributed by atoms with van der Waals surface area (Å²) in [5.41, 5.74) is -0.944. The Morgan fingerprint density at radius 1 is 0.889 bits per heavy atom. The van der Waals surface area contributed by atoms with Crippen LogP contribution in [0, 0.1) is 45.3 Å². The first-order valence-corrected chi connectivity index (χ1v) is 17.4. The summed E-state index contributed by atoms with van der Waals surface area (Å²) < 4.78 is 12.6. The van der Waals surface area contributed by atoms with E-state index in [9.17, 15) is 35.7 Å². The highest BCUT2D eigenvalue weighted by molar-refractivity contribution is 5.21. The minimum absolute atomic E-state index is 0.0692. The Kier molecular flexibility index (Phi) is 9.56. The molecule has 9 nitrogen and oxygen atoms in total. The van der Waals surface area contributed by atoms with Crippen LogP contribution in [-0.2, 0) is 9.47 Å². The fourth-order valence-electron chi connectivity index (χ4n) is 12.0. The van der Waals surface area contributed by atoms with Crippen LogP contribution in [0.2, 0.25) is 0 Å². The van der Waals surface area contributed by atoms with E-state index in [0.29, 0.717) is 32.1 Å². The molecule has 7 N–H and O–H groups in total. The van der Waals surface area contributed by atoms with Crippen molar-refractivity contribution in [3.05, 3.63) is 11.6 Å². The third-order valence-corrected chi connectivity index (χ3v) is 14.5. The number of fused-ring (bicyclic) bond motifs is 5. The van der Waals surface area contributed by atoms with Gasteiger partial charge in [-0.25, -0.2) is 0 Å². The number of hydrogen-bond acceptors (Lipinski definition) is 9. The molecule has 5 rings (SSSR count). The lowest BCUT2D eigenvalue weighted by molar-refractivity contribution is -0.336. The number of rotatable bonds is 7. The second kappa shape index (κ2) is 12.1. The lowest BCUT2D eigenvalue weighted by Gasteiger charge is -2.71. The van der Waals surface area contributed by atoms with E-state index >= 15 is 0 Å². The molecule has 0 amide bonds. The lowest BCUT2D eigenvalue weighted by atomic mass is 9.34. The van der Waals surface area contributed by atoms with Crippen LogP contribution in [0.15, 0.2) is 11.6 Å². The Hall–Kier alpha value is -0.620. The minimum Gasteiger partial charge on any atom is -0.394 e. The molecular weight excluding hydrogens is 576 g/mol. The normalized spacial score (nSPS) is 52.2. The molecule has 1 saturated heterocycles. The van der Waals surface area contributed by atoms with Crippen LogP contribution in [0.25, 0.3) is 0 Å². The zero-order chi connectivity index (χ0) is 33.5. The zero-order valence-corrected chi connectivity index (χ0v) is 28.8. The first-order chi connectivity index (χ1) is 20.8. The molecule has 4 aliphatic carbocycles. The average Bonchev–Trinajstić information content (AvgIpc) is 3.33. The Morgan fingerprint density at radius 2 is 1.56 bits per heavy atom. The highest BCUT2D eigenvalue weighted by Gasteiger charge is 2.73. The third-order valence-electron chi connectivity index (χ3n) is 14.5. The van der Waals surface area contributed by atoms with Gasteiger partial charge in [0.1, 0.15) is 24.4 Å².